The summed E-state index contributed by atoms with van der Waals surface area (Å²) in [5.74, 6) is -0.649. The van der Waals surface area contributed by atoms with E-state index in [-0.39, 0.29) is 25.2 Å². The third kappa shape index (κ3) is 26.9. The van der Waals surface area contributed by atoms with Gasteiger partial charge in [0.25, 0.3) is 0 Å². The van der Waals surface area contributed by atoms with Crippen LogP contribution in [0, 0.1) is 0 Å². The van der Waals surface area contributed by atoms with E-state index in [0.29, 0.717) is 12.8 Å². The molecule has 5 nitrogen and oxygen atoms in total. The molecule has 0 amide bonds. The topological polar surface area (TPSA) is 72.8 Å². The highest BCUT2D eigenvalue weighted by Crippen LogP contribution is 2.11. The molecular weight excluding hydrogens is 476 g/mol. The van der Waals surface area contributed by atoms with Crippen molar-refractivity contribution in [3.63, 3.8) is 0 Å². The first kappa shape index (κ1) is 35.9. The number of rotatable bonds is 26. The summed E-state index contributed by atoms with van der Waals surface area (Å²) in [6.45, 7) is 3.93. The van der Waals surface area contributed by atoms with Crippen molar-refractivity contribution >= 4 is 11.9 Å². The molecule has 0 fully saturated rings. The molecule has 5 heteroatoms. The van der Waals surface area contributed by atoms with Crippen molar-refractivity contribution in [3.05, 3.63) is 48.6 Å². The lowest BCUT2D eigenvalue weighted by Gasteiger charge is -2.15. The van der Waals surface area contributed by atoms with E-state index in [4.69, 9.17) is 9.47 Å². The number of unbranched alkanes of at least 4 members (excludes halogenated alkanes) is 10. The van der Waals surface area contributed by atoms with Crippen molar-refractivity contribution in [3.8, 4) is 0 Å². The number of hydrogen-bond acceptors (Lipinski definition) is 5. The van der Waals surface area contributed by atoms with Crippen LogP contribution in [0.1, 0.15) is 129 Å². The van der Waals surface area contributed by atoms with E-state index in [1.54, 1.807) is 0 Å². The summed E-state index contributed by atoms with van der Waals surface area (Å²) in [6, 6.07) is 0. The Morgan fingerprint density at radius 3 is 1.71 bits per heavy atom. The molecule has 0 saturated heterocycles. The van der Waals surface area contributed by atoms with Gasteiger partial charge in [0, 0.05) is 12.8 Å². The molecule has 0 heterocycles. The molecule has 0 aliphatic carbocycles. The summed E-state index contributed by atoms with van der Waals surface area (Å²) in [4.78, 5) is 24.0. The normalized spacial score (nSPS) is 12.8. The van der Waals surface area contributed by atoms with Gasteiger partial charge in [0.05, 0.1) is 6.61 Å². The minimum Gasteiger partial charge on any atom is -0.462 e. The zero-order valence-corrected chi connectivity index (χ0v) is 24.4. The predicted molar refractivity (Wildman–Crippen MR) is 159 cm³/mol. The molecule has 38 heavy (non-hydrogen) atoms. The van der Waals surface area contributed by atoms with Crippen LogP contribution in [0.4, 0.5) is 0 Å². The molecule has 218 valence electrons. The molecule has 0 bridgehead atoms. The summed E-state index contributed by atoms with van der Waals surface area (Å²) in [5.41, 5.74) is 0. The molecule has 0 saturated carbocycles. The largest absolute Gasteiger partial charge is 0.462 e. The molecule has 0 spiro atoms. The third-order valence-corrected chi connectivity index (χ3v) is 6.14. The van der Waals surface area contributed by atoms with Crippen LogP contribution in [-0.2, 0) is 19.1 Å². The van der Waals surface area contributed by atoms with Crippen LogP contribution in [0.25, 0.3) is 0 Å². The number of allylic oxidation sites excluding steroid dienone is 8. The monoisotopic (exact) mass is 532 g/mol. The number of aliphatic hydroxyl groups is 1. The smallest absolute Gasteiger partial charge is 0.306 e. The van der Waals surface area contributed by atoms with Gasteiger partial charge in [-0.2, -0.15) is 0 Å². The van der Waals surface area contributed by atoms with Crippen molar-refractivity contribution in [2.45, 2.75) is 136 Å². The van der Waals surface area contributed by atoms with Gasteiger partial charge >= 0.3 is 11.9 Å². The minimum absolute atomic E-state index is 0.0829. The van der Waals surface area contributed by atoms with Gasteiger partial charge in [-0.25, -0.2) is 0 Å². The number of carbonyl (C=O) groups excluding carboxylic acids is 2. The van der Waals surface area contributed by atoms with Crippen molar-refractivity contribution in [2.24, 2.45) is 0 Å². The maximum atomic E-state index is 12.0. The van der Waals surface area contributed by atoms with E-state index < -0.39 is 6.10 Å². The average molecular weight is 533 g/mol. The first-order valence-electron chi connectivity index (χ1n) is 15.2. The standard InChI is InChI=1S/C33H56O5/c1-3-5-7-9-11-13-14-15-16-17-18-20-22-24-26-28-33(36)38-31(29-34)30-37-32(35)27-25-23-21-19-12-10-8-6-4-2/h5,7,11,13,15-16,18,20,31,34H,3-4,6,8-10,12,14,17,19,21-30H2,1-2H3/b7-5-,13-11-,16-15-,20-18-. The van der Waals surface area contributed by atoms with Crippen LogP contribution in [0.2, 0.25) is 0 Å². The first-order valence-corrected chi connectivity index (χ1v) is 15.2. The summed E-state index contributed by atoms with van der Waals surface area (Å²) >= 11 is 0. The van der Waals surface area contributed by atoms with E-state index in [0.717, 1.165) is 64.2 Å². The van der Waals surface area contributed by atoms with E-state index in [2.05, 4.69) is 62.5 Å². The van der Waals surface area contributed by atoms with Gasteiger partial charge in [-0.3, -0.25) is 9.59 Å². The molecule has 0 aliphatic heterocycles. The fourth-order valence-corrected chi connectivity index (χ4v) is 3.84. The van der Waals surface area contributed by atoms with Crippen molar-refractivity contribution in [1.29, 1.82) is 0 Å². The molecule has 0 aromatic heterocycles. The second-order valence-electron chi connectivity index (χ2n) is 9.80. The predicted octanol–water partition coefficient (Wildman–Crippen LogP) is 8.72. The van der Waals surface area contributed by atoms with Gasteiger partial charge < -0.3 is 14.6 Å². The van der Waals surface area contributed by atoms with E-state index in [1.807, 2.05) is 0 Å². The number of aliphatic hydroxyl groups excluding tert-OH is 1. The first-order chi connectivity index (χ1) is 18.6. The number of hydrogen-bond donors (Lipinski definition) is 1. The molecule has 1 unspecified atom stereocenters. The van der Waals surface area contributed by atoms with Crippen molar-refractivity contribution in [1.82, 2.24) is 0 Å². The van der Waals surface area contributed by atoms with Crippen LogP contribution < -0.4 is 0 Å². The lowest BCUT2D eigenvalue weighted by molar-refractivity contribution is -0.161. The van der Waals surface area contributed by atoms with E-state index >= 15 is 0 Å². The van der Waals surface area contributed by atoms with Crippen LogP contribution in [0.3, 0.4) is 0 Å². The molecule has 1 atom stereocenters. The Morgan fingerprint density at radius 2 is 1.13 bits per heavy atom. The van der Waals surface area contributed by atoms with Gasteiger partial charge in [-0.15, -0.1) is 0 Å². The second kappa shape index (κ2) is 29.4. The zero-order valence-electron chi connectivity index (χ0n) is 24.4. The highest BCUT2D eigenvalue weighted by atomic mass is 16.6. The van der Waals surface area contributed by atoms with E-state index in [1.165, 1.54) is 38.5 Å². The molecular formula is C33H56O5. The molecule has 0 aromatic rings. The highest BCUT2D eigenvalue weighted by molar-refractivity contribution is 5.70. The fourth-order valence-electron chi connectivity index (χ4n) is 3.84. The van der Waals surface area contributed by atoms with Crippen molar-refractivity contribution in [2.75, 3.05) is 13.2 Å². The van der Waals surface area contributed by atoms with E-state index in [9.17, 15) is 14.7 Å². The number of carbonyl (C=O) groups is 2. The molecule has 0 aromatic carbocycles. The molecule has 0 radical (unpaired) electrons. The molecule has 0 rings (SSSR count). The fraction of sp³-hybridized carbons (Fsp3) is 0.697. The quantitative estimate of drug-likeness (QED) is 0.0685. The zero-order chi connectivity index (χ0) is 27.9. The Labute approximate surface area is 233 Å². The Bertz CT molecular complexity index is 662. The third-order valence-electron chi connectivity index (χ3n) is 6.14. The lowest BCUT2D eigenvalue weighted by atomic mass is 10.1. The van der Waals surface area contributed by atoms with Crippen LogP contribution >= 0.6 is 0 Å². The molecule has 0 aliphatic rings. The summed E-state index contributed by atoms with van der Waals surface area (Å²) in [6.07, 6.45) is 34.5. The van der Waals surface area contributed by atoms with Gasteiger partial charge in [0.15, 0.2) is 6.10 Å². The summed E-state index contributed by atoms with van der Waals surface area (Å²) < 4.78 is 10.5. The average Bonchev–Trinajstić information content (AvgIpc) is 2.92. The van der Waals surface area contributed by atoms with Crippen LogP contribution in [0.15, 0.2) is 48.6 Å². The summed E-state index contributed by atoms with van der Waals surface area (Å²) in [5, 5.41) is 9.45. The molecule has 1 N–H and O–H groups in total. The van der Waals surface area contributed by atoms with Gasteiger partial charge in [-0.05, 0) is 51.4 Å². The highest BCUT2D eigenvalue weighted by Gasteiger charge is 2.15. The van der Waals surface area contributed by atoms with Gasteiger partial charge in [0.2, 0.25) is 0 Å². The SMILES string of the molecule is CC/C=C\C/C=C\C/C=C\C/C=C\CCCCC(=O)OC(CO)COC(=O)CCCCCCCCCCC. The number of ether oxygens (including phenoxy) is 2. The van der Waals surface area contributed by atoms with Gasteiger partial charge in [0.1, 0.15) is 6.61 Å². The minimum atomic E-state index is -0.788. The summed E-state index contributed by atoms with van der Waals surface area (Å²) in [7, 11) is 0. The van der Waals surface area contributed by atoms with Crippen LogP contribution in [0.5, 0.6) is 0 Å². The van der Waals surface area contributed by atoms with Gasteiger partial charge in [-0.1, -0.05) is 114 Å². The lowest BCUT2D eigenvalue weighted by Crippen LogP contribution is -2.28. The Morgan fingerprint density at radius 1 is 0.632 bits per heavy atom. The van der Waals surface area contributed by atoms with Crippen molar-refractivity contribution < 1.29 is 24.2 Å². The van der Waals surface area contributed by atoms with Crippen LogP contribution in [-0.4, -0.2) is 36.4 Å². The Hall–Kier alpha value is -2.14. The number of esters is 2. The Kier molecular flexibility index (Phi) is 27.8. The second-order valence-corrected chi connectivity index (χ2v) is 9.80. The maximum absolute atomic E-state index is 12.0. The Balaban J connectivity index is 3.72. The maximum Gasteiger partial charge on any atom is 0.306 e.